The molecule has 0 spiro atoms. The SMILES string of the molecule is COc1cc(C2CCOCC2)nc(N2C(=O)C(CNC(=O)c3ccc(OC(F)F)cc3)[C@H](c3c(F)cc(OC)cc3F)[C@H]2C)c1. The van der Waals surface area contributed by atoms with Gasteiger partial charge in [0.25, 0.3) is 5.91 Å². The number of rotatable bonds is 10. The van der Waals surface area contributed by atoms with Crippen molar-refractivity contribution in [1.29, 1.82) is 0 Å². The molecule has 2 fully saturated rings. The third kappa shape index (κ3) is 6.82. The second kappa shape index (κ2) is 13.7. The monoisotopic (exact) mass is 631 g/mol. The first-order valence-electron chi connectivity index (χ1n) is 14.4. The van der Waals surface area contributed by atoms with E-state index in [2.05, 4.69) is 10.1 Å². The van der Waals surface area contributed by atoms with Crippen LogP contribution < -0.4 is 24.4 Å². The highest BCUT2D eigenvalue weighted by molar-refractivity contribution is 6.00. The smallest absolute Gasteiger partial charge is 0.387 e. The molecule has 3 heterocycles. The molecule has 1 unspecified atom stereocenters. The fourth-order valence-corrected chi connectivity index (χ4v) is 6.05. The molecule has 240 valence electrons. The summed E-state index contributed by atoms with van der Waals surface area (Å²) in [6.45, 7) is -0.491. The molecule has 9 nitrogen and oxygen atoms in total. The Balaban J connectivity index is 1.49. The number of carbonyl (C=O) groups is 2. The van der Waals surface area contributed by atoms with Crippen molar-refractivity contribution in [1.82, 2.24) is 10.3 Å². The van der Waals surface area contributed by atoms with Crippen LogP contribution in [0.4, 0.5) is 23.4 Å². The van der Waals surface area contributed by atoms with Gasteiger partial charge in [-0.2, -0.15) is 8.78 Å². The van der Waals surface area contributed by atoms with E-state index in [0.29, 0.717) is 24.7 Å². The van der Waals surface area contributed by atoms with Gasteiger partial charge in [0, 0.05) is 78.7 Å². The minimum absolute atomic E-state index is 0.0257. The lowest BCUT2D eigenvalue weighted by Gasteiger charge is -2.27. The van der Waals surface area contributed by atoms with Gasteiger partial charge in [-0.15, -0.1) is 0 Å². The topological polar surface area (TPSA) is 99.2 Å². The minimum atomic E-state index is -3.02. The van der Waals surface area contributed by atoms with E-state index < -0.39 is 47.9 Å². The third-order valence-corrected chi connectivity index (χ3v) is 8.29. The number of halogens is 4. The van der Waals surface area contributed by atoms with Gasteiger partial charge >= 0.3 is 6.61 Å². The molecule has 3 aromatic rings. The number of amides is 2. The van der Waals surface area contributed by atoms with Crippen LogP contribution in [0.25, 0.3) is 0 Å². The van der Waals surface area contributed by atoms with Gasteiger partial charge in [0.05, 0.1) is 20.1 Å². The van der Waals surface area contributed by atoms with Crippen LogP contribution in [-0.4, -0.2) is 63.4 Å². The average molecular weight is 632 g/mol. The second-order valence-corrected chi connectivity index (χ2v) is 10.9. The Hall–Kier alpha value is -4.39. The number of hydrogen-bond donors (Lipinski definition) is 1. The number of pyridine rings is 1. The number of hydrogen-bond acceptors (Lipinski definition) is 7. The molecule has 2 aliphatic heterocycles. The molecule has 5 rings (SSSR count). The van der Waals surface area contributed by atoms with E-state index in [9.17, 15) is 18.4 Å². The zero-order chi connectivity index (χ0) is 32.2. The van der Waals surface area contributed by atoms with Crippen LogP contribution in [0.3, 0.4) is 0 Å². The lowest BCUT2D eigenvalue weighted by atomic mass is 9.83. The van der Waals surface area contributed by atoms with Crippen molar-refractivity contribution in [3.8, 4) is 17.2 Å². The molecule has 1 N–H and O–H groups in total. The molecule has 0 saturated carbocycles. The van der Waals surface area contributed by atoms with E-state index in [4.69, 9.17) is 19.2 Å². The van der Waals surface area contributed by atoms with E-state index in [1.54, 1.807) is 19.1 Å². The number of aromatic nitrogens is 1. The first-order valence-corrected chi connectivity index (χ1v) is 14.4. The highest BCUT2D eigenvalue weighted by Gasteiger charge is 2.50. The maximum Gasteiger partial charge on any atom is 0.387 e. The van der Waals surface area contributed by atoms with E-state index in [0.717, 1.165) is 25.0 Å². The summed E-state index contributed by atoms with van der Waals surface area (Å²) >= 11 is 0. The molecule has 0 aliphatic carbocycles. The summed E-state index contributed by atoms with van der Waals surface area (Å²) < 4.78 is 76.4. The summed E-state index contributed by atoms with van der Waals surface area (Å²) in [5.74, 6) is -4.40. The number of benzene rings is 2. The molecular weight excluding hydrogens is 598 g/mol. The lowest BCUT2D eigenvalue weighted by Crippen LogP contribution is -2.36. The van der Waals surface area contributed by atoms with Crippen LogP contribution in [0.5, 0.6) is 17.2 Å². The molecule has 2 aliphatic rings. The zero-order valence-electron chi connectivity index (χ0n) is 24.9. The Bertz CT molecular complexity index is 1510. The molecule has 2 aromatic carbocycles. The molecule has 13 heteroatoms. The molecule has 0 bridgehead atoms. The third-order valence-electron chi connectivity index (χ3n) is 8.29. The standard InChI is InChI=1S/C32H33F4N3O6/c1-17-28(29-24(33)12-21(42-2)13-25(29)34)23(16-37-30(40)19-4-6-20(7-5-19)45-32(35)36)31(41)39(17)27-15-22(43-3)14-26(38-27)18-8-10-44-11-9-18/h4-7,12-15,17-18,23,28,32H,8-11,16H2,1-3H3,(H,37,40)/t17-,23?,28-/m1/s1. The van der Waals surface area contributed by atoms with Gasteiger partial charge in [0.1, 0.15) is 34.7 Å². The number of carbonyl (C=O) groups excluding carboxylic acids is 2. The molecule has 3 atom stereocenters. The summed E-state index contributed by atoms with van der Waals surface area (Å²) in [7, 11) is 2.78. The highest BCUT2D eigenvalue weighted by Crippen LogP contribution is 2.44. The largest absolute Gasteiger partial charge is 0.497 e. The molecule has 1 aromatic heterocycles. The van der Waals surface area contributed by atoms with Crippen molar-refractivity contribution in [2.75, 3.05) is 38.9 Å². The van der Waals surface area contributed by atoms with Gasteiger partial charge in [-0.1, -0.05) is 0 Å². The Labute approximate surface area is 257 Å². The van der Waals surface area contributed by atoms with E-state index in [1.165, 1.54) is 43.4 Å². The summed E-state index contributed by atoms with van der Waals surface area (Å²) in [6, 6.07) is 9.70. The van der Waals surface area contributed by atoms with Crippen molar-refractivity contribution in [3.05, 3.63) is 77.0 Å². The van der Waals surface area contributed by atoms with E-state index >= 15 is 8.78 Å². The first-order chi connectivity index (χ1) is 21.6. The Morgan fingerprint density at radius 3 is 2.22 bits per heavy atom. The number of ether oxygens (including phenoxy) is 4. The van der Waals surface area contributed by atoms with Crippen molar-refractivity contribution in [2.45, 2.75) is 44.3 Å². The zero-order valence-corrected chi connectivity index (χ0v) is 24.9. The van der Waals surface area contributed by atoms with Crippen LogP contribution in [0.1, 0.15) is 53.2 Å². The van der Waals surface area contributed by atoms with Gasteiger partial charge in [-0.3, -0.25) is 14.5 Å². The quantitative estimate of drug-likeness (QED) is 0.298. The predicted octanol–water partition coefficient (Wildman–Crippen LogP) is 5.44. The van der Waals surface area contributed by atoms with E-state index in [1.807, 2.05) is 0 Å². The van der Waals surface area contributed by atoms with Crippen LogP contribution in [0, 0.1) is 17.6 Å². The number of nitrogens with one attached hydrogen (secondary N) is 1. The van der Waals surface area contributed by atoms with Gasteiger partial charge < -0.3 is 24.3 Å². The maximum atomic E-state index is 15.5. The average Bonchev–Trinajstić information content (AvgIpc) is 3.27. The summed E-state index contributed by atoms with van der Waals surface area (Å²) in [5.41, 5.74) is 0.502. The second-order valence-electron chi connectivity index (χ2n) is 10.9. The van der Waals surface area contributed by atoms with Gasteiger partial charge in [0.15, 0.2) is 0 Å². The van der Waals surface area contributed by atoms with Crippen molar-refractivity contribution < 1.29 is 46.1 Å². The normalized spacial score (nSPS) is 20.4. The molecule has 45 heavy (non-hydrogen) atoms. The summed E-state index contributed by atoms with van der Waals surface area (Å²) in [6.07, 6.45) is 1.47. The highest BCUT2D eigenvalue weighted by atomic mass is 19.3. The van der Waals surface area contributed by atoms with Gasteiger partial charge in [0.2, 0.25) is 5.91 Å². The Kier molecular flexibility index (Phi) is 9.76. The molecule has 0 radical (unpaired) electrons. The fraction of sp³-hybridized carbons (Fsp3) is 0.406. The lowest BCUT2D eigenvalue weighted by molar-refractivity contribution is -0.120. The van der Waals surface area contributed by atoms with Gasteiger partial charge in [-0.05, 0) is 44.0 Å². The van der Waals surface area contributed by atoms with Crippen molar-refractivity contribution in [2.24, 2.45) is 5.92 Å². The van der Waals surface area contributed by atoms with Crippen LogP contribution in [0.2, 0.25) is 0 Å². The predicted molar refractivity (Wildman–Crippen MR) is 155 cm³/mol. The number of methoxy groups -OCH3 is 2. The number of nitrogens with zero attached hydrogens (tertiary/aromatic N) is 2. The van der Waals surface area contributed by atoms with Crippen molar-refractivity contribution >= 4 is 17.6 Å². The first kappa shape index (κ1) is 32.0. The number of alkyl halides is 2. The Morgan fingerprint density at radius 1 is 1.00 bits per heavy atom. The summed E-state index contributed by atoms with van der Waals surface area (Å²) in [4.78, 5) is 33.4. The molecular formula is C32H33F4N3O6. The van der Waals surface area contributed by atoms with Crippen LogP contribution in [0.15, 0.2) is 48.5 Å². The molecule has 2 saturated heterocycles. The number of anilines is 1. The minimum Gasteiger partial charge on any atom is -0.497 e. The van der Waals surface area contributed by atoms with E-state index in [-0.39, 0.29) is 40.9 Å². The fourth-order valence-electron chi connectivity index (χ4n) is 6.05. The summed E-state index contributed by atoms with van der Waals surface area (Å²) in [5, 5.41) is 2.67. The van der Waals surface area contributed by atoms with Gasteiger partial charge in [-0.25, -0.2) is 13.8 Å². The molecule has 2 amide bonds. The maximum absolute atomic E-state index is 15.5. The van der Waals surface area contributed by atoms with Crippen LogP contribution >= 0.6 is 0 Å². The van der Waals surface area contributed by atoms with Crippen molar-refractivity contribution in [3.63, 3.8) is 0 Å². The Morgan fingerprint density at radius 2 is 1.62 bits per heavy atom. The van der Waals surface area contributed by atoms with Crippen LogP contribution in [-0.2, 0) is 9.53 Å².